The van der Waals surface area contributed by atoms with E-state index in [0.717, 1.165) is 0 Å². The summed E-state index contributed by atoms with van der Waals surface area (Å²) < 4.78 is 4.97. The first-order valence-corrected chi connectivity index (χ1v) is 20.9. The first-order valence-electron chi connectivity index (χ1n) is 17.7. The Hall–Kier alpha value is 0.360. The second kappa shape index (κ2) is 9.97. The molecule has 238 valence electrons. The van der Waals surface area contributed by atoms with Gasteiger partial charge in [-0.05, 0) is 168 Å². The normalized spacial score (nSPS) is 46.6. The van der Waals surface area contributed by atoms with Crippen LogP contribution in [0.1, 0.15) is 142 Å². The quantitative estimate of drug-likeness (QED) is 0.260. The van der Waals surface area contributed by atoms with Crippen molar-refractivity contribution in [2.24, 2.45) is 32.5 Å². The molecule has 4 atom stereocenters. The van der Waals surface area contributed by atoms with E-state index in [2.05, 4.69) is 128 Å². The number of rotatable bonds is 7. The first-order chi connectivity index (χ1) is 20.8. The molecule has 0 saturated heterocycles. The van der Waals surface area contributed by atoms with Gasteiger partial charge < -0.3 is 0 Å². The Bertz CT molecular complexity index is 1330. The second-order valence-corrected chi connectivity index (χ2v) is 21.6. The summed E-state index contributed by atoms with van der Waals surface area (Å²) in [5.41, 5.74) is 6.62. The predicted octanol–water partition coefficient (Wildman–Crippen LogP) is 14.2. The highest BCUT2D eigenvalue weighted by molar-refractivity contribution is 9.11. The molecule has 0 aromatic heterocycles. The Morgan fingerprint density at radius 2 is 0.659 bits per heavy atom. The molecule has 0 radical (unpaired) electrons. The van der Waals surface area contributed by atoms with E-state index in [4.69, 9.17) is 0 Å². The molecule has 0 amide bonds. The maximum absolute atomic E-state index is 3.94. The molecular weight excluding hydrogens is 800 g/mol. The topological polar surface area (TPSA) is 0 Å². The average molecular weight is 850 g/mol. The first kappa shape index (κ1) is 31.6. The van der Waals surface area contributed by atoms with Crippen LogP contribution in [0.15, 0.2) is 54.3 Å². The van der Waals surface area contributed by atoms with E-state index >= 15 is 0 Å². The average Bonchev–Trinajstić information content (AvgIpc) is 2.95. The van der Waals surface area contributed by atoms with Gasteiger partial charge in [-0.2, -0.15) is 0 Å². The van der Waals surface area contributed by atoms with Gasteiger partial charge in [0, 0.05) is 17.9 Å². The summed E-state index contributed by atoms with van der Waals surface area (Å²) in [5, 5.41) is 0. The van der Waals surface area contributed by atoms with Crippen LogP contribution in [-0.2, 0) is 10.8 Å². The number of hydrogen-bond acceptors (Lipinski definition) is 0. The van der Waals surface area contributed by atoms with E-state index in [1.54, 1.807) is 11.1 Å². The highest BCUT2D eigenvalue weighted by Crippen LogP contribution is 2.86. The lowest BCUT2D eigenvalue weighted by atomic mass is 9.23. The van der Waals surface area contributed by atoms with Crippen LogP contribution in [0.3, 0.4) is 0 Å². The molecule has 0 heterocycles. The fraction of sp³-hybridized carbons (Fsp3) is 0.700. The molecule has 4 heteroatoms. The SMILES string of the molecule is CCC12CC3(CC)CC(c4cc(Br)cc(Br)c4)(C1)CC(C14CC5(CC)CC(CC)(CC(c6cc(Br)cc(Br)c6)(C5)C1)C4)(C2)C3. The zero-order chi connectivity index (χ0) is 31.0. The third-order valence-electron chi connectivity index (χ3n) is 15.6. The number of hydrogen-bond donors (Lipinski definition) is 0. The minimum Gasteiger partial charge on any atom is -0.0649 e. The van der Waals surface area contributed by atoms with Crippen LogP contribution < -0.4 is 0 Å². The standard InChI is InChI=1S/C40H50Br4/c1-5-33-15-34(6-2)18-37(17-33,27-9-29(41)13-30(42)10-27)25-39(21-33,22-34)40-23-35(7-3)16-36(8-4,24-40)20-38(19-35,26-40)28-11-31(43)14-32(44)12-28/h9-14H,5-8,15-26H2,1-4H3. The van der Waals surface area contributed by atoms with Gasteiger partial charge in [-0.15, -0.1) is 0 Å². The summed E-state index contributed by atoms with van der Waals surface area (Å²) in [5.74, 6) is 0. The molecule has 2 aromatic carbocycles. The van der Waals surface area contributed by atoms with Crippen LogP contribution >= 0.6 is 63.7 Å². The lowest BCUT2D eigenvalue weighted by Gasteiger charge is -2.81. The molecule has 8 bridgehead atoms. The number of halogens is 4. The van der Waals surface area contributed by atoms with E-state index in [0.29, 0.717) is 43.3 Å². The van der Waals surface area contributed by atoms with Crippen molar-refractivity contribution in [2.75, 3.05) is 0 Å². The third-order valence-corrected chi connectivity index (χ3v) is 17.5. The second-order valence-electron chi connectivity index (χ2n) is 18.0. The van der Waals surface area contributed by atoms with Gasteiger partial charge >= 0.3 is 0 Å². The molecule has 0 spiro atoms. The molecule has 8 saturated carbocycles. The third kappa shape index (κ3) is 4.33. The Labute approximate surface area is 300 Å². The van der Waals surface area contributed by atoms with Crippen molar-refractivity contribution < 1.29 is 0 Å². The Morgan fingerprint density at radius 1 is 0.386 bits per heavy atom. The molecule has 8 fully saturated rings. The van der Waals surface area contributed by atoms with Gasteiger partial charge in [0.25, 0.3) is 0 Å². The van der Waals surface area contributed by atoms with Crippen LogP contribution in [0.4, 0.5) is 0 Å². The summed E-state index contributed by atoms with van der Waals surface area (Å²) in [6, 6.07) is 14.6. The van der Waals surface area contributed by atoms with Crippen molar-refractivity contribution in [3.63, 3.8) is 0 Å². The van der Waals surface area contributed by atoms with Crippen LogP contribution in [0, 0.1) is 32.5 Å². The lowest BCUT2D eigenvalue weighted by Crippen LogP contribution is -2.72. The Kier molecular flexibility index (Phi) is 7.16. The van der Waals surface area contributed by atoms with Crippen LogP contribution in [0.5, 0.6) is 0 Å². The van der Waals surface area contributed by atoms with Crippen molar-refractivity contribution >= 4 is 63.7 Å². The van der Waals surface area contributed by atoms with Crippen molar-refractivity contribution in [3.8, 4) is 0 Å². The molecule has 10 rings (SSSR count). The Balaban J connectivity index is 1.36. The molecule has 4 unspecified atom stereocenters. The fourth-order valence-electron chi connectivity index (χ4n) is 15.1. The largest absolute Gasteiger partial charge is 0.0649 e. The summed E-state index contributed by atoms with van der Waals surface area (Å²) >= 11 is 15.8. The molecule has 0 N–H and O–H groups in total. The monoisotopic (exact) mass is 846 g/mol. The van der Waals surface area contributed by atoms with Gasteiger partial charge in [0.2, 0.25) is 0 Å². The van der Waals surface area contributed by atoms with Crippen molar-refractivity contribution in [1.82, 2.24) is 0 Å². The van der Waals surface area contributed by atoms with Gasteiger partial charge in [-0.3, -0.25) is 0 Å². The summed E-state index contributed by atoms with van der Waals surface area (Å²) in [7, 11) is 0. The fourth-order valence-corrected chi connectivity index (χ4v) is 17.7. The maximum atomic E-state index is 3.94. The molecule has 2 aromatic rings. The van der Waals surface area contributed by atoms with Gasteiger partial charge in [-0.1, -0.05) is 117 Å². The van der Waals surface area contributed by atoms with E-state index in [1.807, 2.05) is 0 Å². The van der Waals surface area contributed by atoms with E-state index in [1.165, 1.54) is 121 Å². The summed E-state index contributed by atoms with van der Waals surface area (Å²) in [4.78, 5) is 0. The minimum absolute atomic E-state index is 0.293. The summed E-state index contributed by atoms with van der Waals surface area (Å²) in [6.07, 6.45) is 22.8. The molecule has 0 aliphatic heterocycles. The van der Waals surface area contributed by atoms with Crippen molar-refractivity contribution in [3.05, 3.63) is 65.4 Å². The Morgan fingerprint density at radius 3 is 0.909 bits per heavy atom. The predicted molar refractivity (Wildman–Crippen MR) is 198 cm³/mol. The van der Waals surface area contributed by atoms with Gasteiger partial charge in [0.05, 0.1) is 0 Å². The van der Waals surface area contributed by atoms with Crippen molar-refractivity contribution in [2.45, 2.75) is 141 Å². The molecule has 8 aliphatic carbocycles. The lowest BCUT2D eigenvalue weighted by molar-refractivity contribution is -0.286. The molecular formula is C40H50Br4. The van der Waals surface area contributed by atoms with Crippen LogP contribution in [0.2, 0.25) is 0 Å². The van der Waals surface area contributed by atoms with Crippen LogP contribution in [-0.4, -0.2) is 0 Å². The van der Waals surface area contributed by atoms with E-state index in [-0.39, 0.29) is 0 Å². The summed E-state index contributed by atoms with van der Waals surface area (Å²) in [6.45, 7) is 10.3. The smallest absolute Gasteiger partial charge is 0.0189 e. The molecule has 44 heavy (non-hydrogen) atoms. The highest BCUT2D eigenvalue weighted by Gasteiger charge is 2.77. The highest BCUT2D eigenvalue weighted by atomic mass is 79.9. The zero-order valence-corrected chi connectivity index (χ0v) is 33.6. The zero-order valence-electron chi connectivity index (χ0n) is 27.3. The maximum Gasteiger partial charge on any atom is 0.0189 e. The van der Waals surface area contributed by atoms with E-state index in [9.17, 15) is 0 Å². The van der Waals surface area contributed by atoms with Gasteiger partial charge in [0.15, 0.2) is 0 Å². The number of benzene rings is 2. The minimum atomic E-state index is 0.293. The van der Waals surface area contributed by atoms with Gasteiger partial charge in [0.1, 0.15) is 0 Å². The van der Waals surface area contributed by atoms with E-state index < -0.39 is 0 Å². The van der Waals surface area contributed by atoms with Gasteiger partial charge in [-0.25, -0.2) is 0 Å². The molecule has 0 nitrogen and oxygen atoms in total. The molecule has 8 aliphatic rings. The van der Waals surface area contributed by atoms with Crippen LogP contribution in [0.25, 0.3) is 0 Å². The van der Waals surface area contributed by atoms with Crippen molar-refractivity contribution in [1.29, 1.82) is 0 Å².